The zero-order chi connectivity index (χ0) is 13.1. The predicted molar refractivity (Wildman–Crippen MR) is 68.9 cm³/mol. The third kappa shape index (κ3) is 2.76. The Hall–Kier alpha value is -2.12. The summed E-state index contributed by atoms with van der Waals surface area (Å²) in [6.45, 7) is 0. The highest BCUT2D eigenvalue weighted by molar-refractivity contribution is 6.30. The van der Waals surface area contributed by atoms with E-state index >= 15 is 0 Å². The van der Waals surface area contributed by atoms with Crippen molar-refractivity contribution in [2.24, 2.45) is 5.84 Å². The first kappa shape index (κ1) is 12.3. The van der Waals surface area contributed by atoms with Gasteiger partial charge in [0.05, 0.1) is 5.69 Å². The van der Waals surface area contributed by atoms with E-state index < -0.39 is 5.82 Å². The lowest BCUT2D eigenvalue weighted by molar-refractivity contribution is 0.632. The second kappa shape index (κ2) is 5.03. The Morgan fingerprint density at radius 2 is 1.89 bits per heavy atom. The minimum Gasteiger partial charge on any atom is -0.368 e. The van der Waals surface area contributed by atoms with Crippen LogP contribution in [0.15, 0.2) is 24.3 Å². The topological polar surface area (TPSA) is 102 Å². The summed E-state index contributed by atoms with van der Waals surface area (Å²) >= 11 is 5.65. The fourth-order valence-corrected chi connectivity index (χ4v) is 1.49. The molecule has 1 heterocycles. The Balaban J connectivity index is 2.30. The van der Waals surface area contributed by atoms with Gasteiger partial charge in [-0.15, -0.1) is 0 Å². The van der Waals surface area contributed by atoms with Crippen molar-refractivity contribution in [3.63, 3.8) is 0 Å². The summed E-state index contributed by atoms with van der Waals surface area (Å²) < 4.78 is 13.6. The number of aromatic nitrogens is 2. The van der Waals surface area contributed by atoms with E-state index in [1.165, 1.54) is 18.2 Å². The van der Waals surface area contributed by atoms with Gasteiger partial charge in [0.2, 0.25) is 5.95 Å². The van der Waals surface area contributed by atoms with E-state index in [1.54, 1.807) is 6.07 Å². The van der Waals surface area contributed by atoms with Crippen LogP contribution in [-0.2, 0) is 0 Å². The van der Waals surface area contributed by atoms with Gasteiger partial charge in [-0.05, 0) is 18.2 Å². The van der Waals surface area contributed by atoms with Gasteiger partial charge in [-0.2, -0.15) is 9.97 Å². The minimum atomic E-state index is -0.498. The van der Waals surface area contributed by atoms with Crippen LogP contribution in [0.5, 0.6) is 0 Å². The molecular formula is C10H10ClFN6. The molecule has 0 radical (unpaired) electrons. The lowest BCUT2D eigenvalue weighted by atomic mass is 10.3. The molecule has 6 nitrogen and oxygen atoms in total. The van der Waals surface area contributed by atoms with E-state index in [1.807, 2.05) is 0 Å². The summed E-state index contributed by atoms with van der Waals surface area (Å²) in [6, 6.07) is 5.73. The zero-order valence-corrected chi connectivity index (χ0v) is 9.87. The number of nitrogens with two attached hydrogens (primary N) is 2. The number of anilines is 4. The van der Waals surface area contributed by atoms with Crippen LogP contribution in [0.1, 0.15) is 0 Å². The number of nitrogen functional groups attached to an aromatic ring is 2. The van der Waals surface area contributed by atoms with Crippen molar-refractivity contribution in [3.8, 4) is 0 Å². The molecule has 6 N–H and O–H groups in total. The smallest absolute Gasteiger partial charge is 0.223 e. The third-order valence-electron chi connectivity index (χ3n) is 2.09. The molecule has 94 valence electrons. The summed E-state index contributed by atoms with van der Waals surface area (Å²) in [7, 11) is 0. The van der Waals surface area contributed by atoms with Gasteiger partial charge >= 0.3 is 0 Å². The molecule has 0 unspecified atom stereocenters. The highest BCUT2D eigenvalue weighted by atomic mass is 35.5. The Morgan fingerprint density at radius 1 is 1.17 bits per heavy atom. The van der Waals surface area contributed by atoms with Crippen molar-refractivity contribution in [2.45, 2.75) is 0 Å². The van der Waals surface area contributed by atoms with Gasteiger partial charge in [0, 0.05) is 11.1 Å². The summed E-state index contributed by atoms with van der Waals surface area (Å²) in [4.78, 5) is 7.71. The summed E-state index contributed by atoms with van der Waals surface area (Å²) in [5, 5.41) is 3.06. The maximum atomic E-state index is 13.6. The average Bonchev–Trinajstić information content (AvgIpc) is 2.32. The highest BCUT2D eigenvalue weighted by Gasteiger charge is 2.06. The van der Waals surface area contributed by atoms with Crippen molar-refractivity contribution < 1.29 is 4.39 Å². The van der Waals surface area contributed by atoms with Crippen LogP contribution in [0.4, 0.5) is 27.7 Å². The van der Waals surface area contributed by atoms with Gasteiger partial charge in [0.25, 0.3) is 0 Å². The molecule has 1 aromatic heterocycles. The van der Waals surface area contributed by atoms with Crippen molar-refractivity contribution >= 4 is 34.9 Å². The standard InChI is InChI=1S/C10H10ClFN6/c11-5-1-2-7(6(12)3-5)15-8-4-9(18-14)17-10(13)16-8/h1-4H,14H2,(H4,13,15,16,17,18). The van der Waals surface area contributed by atoms with Crippen molar-refractivity contribution in [1.29, 1.82) is 0 Å². The lowest BCUT2D eigenvalue weighted by Gasteiger charge is -2.09. The number of benzene rings is 1. The maximum Gasteiger partial charge on any atom is 0.223 e. The van der Waals surface area contributed by atoms with Crippen LogP contribution in [0.2, 0.25) is 5.02 Å². The molecule has 0 fully saturated rings. The lowest BCUT2D eigenvalue weighted by Crippen LogP contribution is -2.11. The number of nitrogens with zero attached hydrogens (tertiary/aromatic N) is 2. The summed E-state index contributed by atoms with van der Waals surface area (Å²) in [6.07, 6.45) is 0. The molecule has 0 spiro atoms. The number of hydrogen-bond acceptors (Lipinski definition) is 6. The molecule has 8 heteroatoms. The van der Waals surface area contributed by atoms with Gasteiger partial charge in [-0.25, -0.2) is 10.2 Å². The van der Waals surface area contributed by atoms with Crippen LogP contribution >= 0.6 is 11.6 Å². The monoisotopic (exact) mass is 268 g/mol. The van der Waals surface area contributed by atoms with Gasteiger partial charge < -0.3 is 16.5 Å². The van der Waals surface area contributed by atoms with Crippen molar-refractivity contribution in [2.75, 3.05) is 16.5 Å². The van der Waals surface area contributed by atoms with Gasteiger partial charge in [-0.3, -0.25) is 0 Å². The molecule has 0 aliphatic heterocycles. The second-order valence-corrected chi connectivity index (χ2v) is 3.83. The normalized spacial score (nSPS) is 10.2. The third-order valence-corrected chi connectivity index (χ3v) is 2.32. The molecule has 0 saturated heterocycles. The van der Waals surface area contributed by atoms with E-state index in [0.717, 1.165) is 0 Å². The second-order valence-electron chi connectivity index (χ2n) is 3.39. The number of halogens is 2. The van der Waals surface area contributed by atoms with Crippen LogP contribution < -0.4 is 22.3 Å². The van der Waals surface area contributed by atoms with Crippen LogP contribution in [-0.4, -0.2) is 9.97 Å². The molecule has 0 atom stereocenters. The summed E-state index contributed by atoms with van der Waals surface area (Å²) in [5.41, 5.74) is 8.03. The molecule has 0 aliphatic carbocycles. The number of rotatable bonds is 3. The van der Waals surface area contributed by atoms with Crippen LogP contribution in [0, 0.1) is 5.82 Å². The van der Waals surface area contributed by atoms with E-state index in [2.05, 4.69) is 20.7 Å². The zero-order valence-electron chi connectivity index (χ0n) is 9.11. The Labute approximate surface area is 107 Å². The SMILES string of the molecule is NNc1cc(Nc2ccc(Cl)cc2F)nc(N)n1. The molecule has 2 rings (SSSR count). The van der Waals surface area contributed by atoms with Crippen LogP contribution in [0.25, 0.3) is 0 Å². The number of hydrogen-bond donors (Lipinski definition) is 4. The van der Waals surface area contributed by atoms with Gasteiger partial charge in [0.1, 0.15) is 17.5 Å². The van der Waals surface area contributed by atoms with E-state index in [-0.39, 0.29) is 11.6 Å². The Kier molecular flexibility index (Phi) is 3.45. The Morgan fingerprint density at radius 3 is 2.56 bits per heavy atom. The fourth-order valence-electron chi connectivity index (χ4n) is 1.33. The predicted octanol–water partition coefficient (Wildman–Crippen LogP) is 1.88. The molecule has 0 saturated carbocycles. The highest BCUT2D eigenvalue weighted by Crippen LogP contribution is 2.23. The van der Waals surface area contributed by atoms with E-state index in [0.29, 0.717) is 16.7 Å². The van der Waals surface area contributed by atoms with Crippen molar-refractivity contribution in [1.82, 2.24) is 9.97 Å². The van der Waals surface area contributed by atoms with Gasteiger partial charge in [-0.1, -0.05) is 11.6 Å². The molecule has 18 heavy (non-hydrogen) atoms. The fraction of sp³-hybridized carbons (Fsp3) is 0. The van der Waals surface area contributed by atoms with Crippen molar-refractivity contribution in [3.05, 3.63) is 35.1 Å². The molecular weight excluding hydrogens is 259 g/mol. The largest absolute Gasteiger partial charge is 0.368 e. The van der Waals surface area contributed by atoms with Gasteiger partial charge in [0.15, 0.2) is 0 Å². The minimum absolute atomic E-state index is 0.0160. The molecule has 0 aliphatic rings. The number of hydrazine groups is 1. The molecule has 0 amide bonds. The quantitative estimate of drug-likeness (QED) is 0.501. The summed E-state index contributed by atoms with van der Waals surface area (Å²) in [5.74, 6) is 5.37. The Bertz CT molecular complexity index is 576. The van der Waals surface area contributed by atoms with E-state index in [4.69, 9.17) is 23.2 Å². The molecule has 2 aromatic rings. The first-order valence-electron chi connectivity index (χ1n) is 4.92. The average molecular weight is 269 g/mol. The first-order chi connectivity index (χ1) is 8.58. The maximum absolute atomic E-state index is 13.6. The number of nitrogens with one attached hydrogen (secondary N) is 2. The first-order valence-corrected chi connectivity index (χ1v) is 5.29. The molecule has 1 aromatic carbocycles. The molecule has 0 bridgehead atoms. The van der Waals surface area contributed by atoms with E-state index in [9.17, 15) is 4.39 Å². The van der Waals surface area contributed by atoms with Crippen LogP contribution in [0.3, 0.4) is 0 Å².